The Morgan fingerprint density at radius 3 is 2.88 bits per heavy atom. The van der Waals surface area contributed by atoms with Crippen molar-refractivity contribution in [2.24, 2.45) is 0 Å². The molecule has 0 spiro atoms. The molecule has 0 saturated heterocycles. The van der Waals surface area contributed by atoms with Crippen LogP contribution < -0.4 is 0 Å². The Bertz CT molecular complexity index is 503. The van der Waals surface area contributed by atoms with Crippen LogP contribution in [0.5, 0.6) is 5.75 Å². The van der Waals surface area contributed by atoms with E-state index >= 15 is 0 Å². The number of benzene rings is 1. The zero-order chi connectivity index (χ0) is 12.3. The molecule has 0 aliphatic heterocycles. The van der Waals surface area contributed by atoms with Crippen LogP contribution in [-0.4, -0.2) is 14.9 Å². The first-order chi connectivity index (χ1) is 8.20. The lowest BCUT2D eigenvalue weighted by molar-refractivity contribution is 0.467. The molecule has 2 aromatic rings. The fourth-order valence-corrected chi connectivity index (χ4v) is 1.83. The Kier molecular flexibility index (Phi) is 3.47. The highest BCUT2D eigenvalue weighted by molar-refractivity contribution is 5.37. The van der Waals surface area contributed by atoms with E-state index in [2.05, 4.69) is 18.1 Å². The Hall–Kier alpha value is -1.77. The van der Waals surface area contributed by atoms with Crippen LogP contribution in [0.4, 0.5) is 0 Å². The lowest BCUT2D eigenvalue weighted by atomic mass is 10.2. The van der Waals surface area contributed by atoms with Crippen LogP contribution in [0.3, 0.4) is 0 Å². The minimum Gasteiger partial charge on any atom is -0.504 e. The second kappa shape index (κ2) is 5.04. The Morgan fingerprint density at radius 1 is 1.35 bits per heavy atom. The number of unbranched alkanes of at least 4 members (excludes halogenated alkanes) is 1. The monoisotopic (exact) mass is 230 g/mol. The van der Waals surface area contributed by atoms with Crippen molar-refractivity contribution in [3.05, 3.63) is 41.7 Å². The van der Waals surface area contributed by atoms with Crippen LogP contribution in [-0.2, 0) is 6.42 Å². The van der Waals surface area contributed by atoms with E-state index < -0.39 is 0 Å². The number of aryl methyl sites for hydroxylation is 2. The summed E-state index contributed by atoms with van der Waals surface area (Å²) in [5.41, 5.74) is 2.96. The first kappa shape index (κ1) is 11.7. The summed E-state index contributed by atoms with van der Waals surface area (Å²) in [6.07, 6.45) is 4.68. The molecule has 3 nitrogen and oxygen atoms in total. The molecule has 0 unspecified atom stereocenters. The fourth-order valence-electron chi connectivity index (χ4n) is 1.83. The normalized spacial score (nSPS) is 10.7. The van der Waals surface area contributed by atoms with E-state index in [4.69, 9.17) is 0 Å². The minimum atomic E-state index is 0.292. The van der Waals surface area contributed by atoms with E-state index in [1.165, 1.54) is 5.56 Å². The summed E-state index contributed by atoms with van der Waals surface area (Å²) in [4.78, 5) is 0. The smallest absolute Gasteiger partial charge is 0.157 e. The molecule has 90 valence electrons. The van der Waals surface area contributed by atoms with Gasteiger partial charge in [0.05, 0.1) is 11.9 Å². The van der Waals surface area contributed by atoms with Crippen molar-refractivity contribution >= 4 is 0 Å². The SMILES string of the molecule is CCCCc1nn(-c2cccc(C)c2)cc1O. The Morgan fingerprint density at radius 2 is 2.18 bits per heavy atom. The zero-order valence-electron chi connectivity index (χ0n) is 10.3. The molecule has 0 radical (unpaired) electrons. The molecule has 1 N–H and O–H groups in total. The summed E-state index contributed by atoms with van der Waals surface area (Å²) in [7, 11) is 0. The summed E-state index contributed by atoms with van der Waals surface area (Å²) in [6, 6.07) is 8.08. The summed E-state index contributed by atoms with van der Waals surface area (Å²) in [5.74, 6) is 0.292. The number of hydrogen-bond acceptors (Lipinski definition) is 2. The van der Waals surface area contributed by atoms with Gasteiger partial charge in [-0.1, -0.05) is 25.5 Å². The van der Waals surface area contributed by atoms with Gasteiger partial charge in [0.25, 0.3) is 0 Å². The van der Waals surface area contributed by atoms with Gasteiger partial charge in [0, 0.05) is 0 Å². The van der Waals surface area contributed by atoms with Crippen LogP contribution in [0.25, 0.3) is 5.69 Å². The molecule has 0 bridgehead atoms. The quantitative estimate of drug-likeness (QED) is 0.875. The molecule has 0 aliphatic carbocycles. The van der Waals surface area contributed by atoms with Crippen LogP contribution in [0, 0.1) is 6.92 Å². The molecule has 17 heavy (non-hydrogen) atoms. The molecule has 0 atom stereocenters. The summed E-state index contributed by atoms with van der Waals surface area (Å²) >= 11 is 0. The molecule has 0 aliphatic rings. The van der Waals surface area contributed by atoms with Crippen molar-refractivity contribution < 1.29 is 5.11 Å². The Balaban J connectivity index is 2.28. The first-order valence-electron chi connectivity index (χ1n) is 6.05. The number of hydrogen-bond donors (Lipinski definition) is 1. The van der Waals surface area contributed by atoms with E-state index in [0.717, 1.165) is 30.6 Å². The number of nitrogens with zero attached hydrogens (tertiary/aromatic N) is 2. The van der Waals surface area contributed by atoms with E-state index in [1.54, 1.807) is 10.9 Å². The van der Waals surface area contributed by atoms with E-state index in [-0.39, 0.29) is 0 Å². The van der Waals surface area contributed by atoms with Gasteiger partial charge in [-0.3, -0.25) is 0 Å². The third-order valence-electron chi connectivity index (χ3n) is 2.80. The van der Waals surface area contributed by atoms with Gasteiger partial charge in [0.1, 0.15) is 5.69 Å². The molecule has 0 fully saturated rings. The highest BCUT2D eigenvalue weighted by Crippen LogP contribution is 2.20. The maximum atomic E-state index is 9.81. The largest absolute Gasteiger partial charge is 0.504 e. The molecule has 0 saturated carbocycles. The number of aromatic nitrogens is 2. The molecule has 2 rings (SSSR count). The number of aromatic hydroxyl groups is 1. The maximum absolute atomic E-state index is 9.81. The predicted octanol–water partition coefficient (Wildman–Crippen LogP) is 3.23. The molecular formula is C14H18N2O. The highest BCUT2D eigenvalue weighted by Gasteiger charge is 2.08. The van der Waals surface area contributed by atoms with Crippen molar-refractivity contribution in [2.45, 2.75) is 33.1 Å². The van der Waals surface area contributed by atoms with Crippen LogP contribution in [0.2, 0.25) is 0 Å². The topological polar surface area (TPSA) is 38.0 Å². The van der Waals surface area contributed by atoms with Gasteiger partial charge in [0.2, 0.25) is 0 Å². The molecular weight excluding hydrogens is 212 g/mol. The van der Waals surface area contributed by atoms with Crippen molar-refractivity contribution in [3.63, 3.8) is 0 Å². The van der Waals surface area contributed by atoms with Crippen molar-refractivity contribution in [1.29, 1.82) is 0 Å². The second-order valence-electron chi connectivity index (χ2n) is 4.35. The molecule has 1 aromatic carbocycles. The Labute approximate surface area is 102 Å². The average Bonchev–Trinajstić information content (AvgIpc) is 2.68. The predicted molar refractivity (Wildman–Crippen MR) is 68.6 cm³/mol. The average molecular weight is 230 g/mol. The van der Waals surface area contributed by atoms with Crippen molar-refractivity contribution in [1.82, 2.24) is 9.78 Å². The number of rotatable bonds is 4. The zero-order valence-corrected chi connectivity index (χ0v) is 10.3. The lowest BCUT2D eigenvalue weighted by Gasteiger charge is -2.01. The first-order valence-corrected chi connectivity index (χ1v) is 6.05. The standard InChI is InChI=1S/C14H18N2O/c1-3-4-8-13-14(17)10-16(15-13)12-7-5-6-11(2)9-12/h5-7,9-10,17H,3-4,8H2,1-2H3. The van der Waals surface area contributed by atoms with Crippen molar-refractivity contribution in [3.8, 4) is 11.4 Å². The third kappa shape index (κ3) is 2.67. The van der Waals surface area contributed by atoms with Crippen LogP contribution in [0.15, 0.2) is 30.5 Å². The molecule has 1 aromatic heterocycles. The summed E-state index contributed by atoms with van der Waals surface area (Å²) in [6.45, 7) is 4.18. The highest BCUT2D eigenvalue weighted by atomic mass is 16.3. The van der Waals surface area contributed by atoms with Gasteiger partial charge in [-0.2, -0.15) is 5.10 Å². The molecule has 1 heterocycles. The van der Waals surface area contributed by atoms with Gasteiger partial charge in [-0.05, 0) is 37.5 Å². The molecule has 0 amide bonds. The van der Waals surface area contributed by atoms with E-state index in [9.17, 15) is 5.11 Å². The second-order valence-corrected chi connectivity index (χ2v) is 4.35. The summed E-state index contributed by atoms with van der Waals surface area (Å²) < 4.78 is 1.74. The van der Waals surface area contributed by atoms with E-state index in [1.807, 2.05) is 25.1 Å². The van der Waals surface area contributed by atoms with Gasteiger partial charge in [-0.25, -0.2) is 4.68 Å². The van der Waals surface area contributed by atoms with Gasteiger partial charge in [-0.15, -0.1) is 0 Å². The molecule has 3 heteroatoms. The fraction of sp³-hybridized carbons (Fsp3) is 0.357. The van der Waals surface area contributed by atoms with Crippen molar-refractivity contribution in [2.75, 3.05) is 0 Å². The van der Waals surface area contributed by atoms with Gasteiger partial charge in [0.15, 0.2) is 5.75 Å². The van der Waals surface area contributed by atoms with Gasteiger partial charge < -0.3 is 5.11 Å². The van der Waals surface area contributed by atoms with E-state index in [0.29, 0.717) is 5.75 Å². The maximum Gasteiger partial charge on any atom is 0.157 e. The minimum absolute atomic E-state index is 0.292. The lowest BCUT2D eigenvalue weighted by Crippen LogP contribution is -1.96. The van der Waals surface area contributed by atoms with Crippen LogP contribution in [0.1, 0.15) is 31.0 Å². The summed E-state index contributed by atoms with van der Waals surface area (Å²) in [5, 5.41) is 14.2. The third-order valence-corrected chi connectivity index (χ3v) is 2.80. The van der Waals surface area contributed by atoms with Gasteiger partial charge >= 0.3 is 0 Å². The van der Waals surface area contributed by atoms with Crippen LogP contribution >= 0.6 is 0 Å².